The summed E-state index contributed by atoms with van der Waals surface area (Å²) in [4.78, 5) is 11.9. The van der Waals surface area contributed by atoms with Crippen LogP contribution in [0, 0.1) is 6.92 Å². The molecule has 0 saturated carbocycles. The predicted molar refractivity (Wildman–Crippen MR) is 68.7 cm³/mol. The Kier molecular flexibility index (Phi) is 3.54. The molecule has 1 aliphatic rings. The Morgan fingerprint density at radius 3 is 2.83 bits per heavy atom. The summed E-state index contributed by atoms with van der Waals surface area (Å²) in [5.74, 6) is 0.523. The maximum Gasteiger partial charge on any atom is 0.226 e. The molecule has 2 rings (SSSR count). The molecule has 1 aromatic carbocycles. The van der Waals surface area contributed by atoms with Crippen LogP contribution in [0.15, 0.2) is 18.2 Å². The quantitative estimate of drug-likeness (QED) is 0.838. The Balaban J connectivity index is 2.04. The summed E-state index contributed by atoms with van der Waals surface area (Å²) < 4.78 is 10.2. The number of anilines is 1. The van der Waals surface area contributed by atoms with E-state index in [0.29, 0.717) is 24.7 Å². The minimum Gasteiger partial charge on any atom is -0.495 e. The molecule has 0 aromatic heterocycles. The minimum absolute atomic E-state index is 0.121. The molecule has 1 saturated heterocycles. The second kappa shape index (κ2) is 4.96. The molecular weight excluding hydrogens is 232 g/mol. The van der Waals surface area contributed by atoms with Crippen LogP contribution < -0.4 is 15.8 Å². The lowest BCUT2D eigenvalue weighted by atomic mass is 9.94. The van der Waals surface area contributed by atoms with Crippen LogP contribution in [0.1, 0.15) is 12.0 Å². The smallest absolute Gasteiger partial charge is 0.226 e. The Labute approximate surface area is 106 Å². The molecule has 98 valence electrons. The minimum atomic E-state index is -0.513. The van der Waals surface area contributed by atoms with Crippen LogP contribution in [0.3, 0.4) is 0 Å². The lowest BCUT2D eigenvalue weighted by molar-refractivity contribution is -0.123. The van der Waals surface area contributed by atoms with Crippen molar-refractivity contribution in [1.82, 2.24) is 0 Å². The van der Waals surface area contributed by atoms with Gasteiger partial charge in [-0.15, -0.1) is 0 Å². The molecule has 0 spiro atoms. The first-order valence-corrected chi connectivity index (χ1v) is 5.83. The molecular formula is C13H18N2O3. The predicted octanol–water partition coefficient (Wildman–Crippen LogP) is 1.06. The molecule has 1 aromatic rings. The third-order valence-corrected chi connectivity index (χ3v) is 2.92. The average Bonchev–Trinajstić information content (AvgIpc) is 2.27. The van der Waals surface area contributed by atoms with Gasteiger partial charge in [-0.1, -0.05) is 6.07 Å². The third-order valence-electron chi connectivity index (χ3n) is 2.92. The van der Waals surface area contributed by atoms with Crippen molar-refractivity contribution in [1.29, 1.82) is 0 Å². The van der Waals surface area contributed by atoms with E-state index < -0.39 is 5.54 Å². The number of amides is 1. The van der Waals surface area contributed by atoms with Crippen LogP contribution in [0.4, 0.5) is 5.69 Å². The van der Waals surface area contributed by atoms with E-state index in [1.165, 1.54) is 0 Å². The maximum atomic E-state index is 11.9. The van der Waals surface area contributed by atoms with Gasteiger partial charge in [0.15, 0.2) is 0 Å². The molecule has 1 fully saturated rings. The highest BCUT2D eigenvalue weighted by molar-refractivity contribution is 5.93. The van der Waals surface area contributed by atoms with Crippen molar-refractivity contribution in [3.63, 3.8) is 0 Å². The Morgan fingerprint density at radius 2 is 2.28 bits per heavy atom. The number of aryl methyl sites for hydroxylation is 1. The largest absolute Gasteiger partial charge is 0.495 e. The molecule has 1 heterocycles. The van der Waals surface area contributed by atoms with Gasteiger partial charge in [-0.05, 0) is 24.6 Å². The molecule has 0 unspecified atom stereocenters. The first kappa shape index (κ1) is 12.9. The average molecular weight is 250 g/mol. The van der Waals surface area contributed by atoms with Gasteiger partial charge in [-0.25, -0.2) is 0 Å². The van der Waals surface area contributed by atoms with Crippen LogP contribution in [-0.2, 0) is 9.53 Å². The highest BCUT2D eigenvalue weighted by Gasteiger charge is 2.36. The third kappa shape index (κ3) is 2.80. The van der Waals surface area contributed by atoms with Crippen molar-refractivity contribution in [3.8, 4) is 5.75 Å². The number of benzene rings is 1. The van der Waals surface area contributed by atoms with Crippen molar-refractivity contribution in [3.05, 3.63) is 23.8 Å². The topological polar surface area (TPSA) is 73.6 Å². The zero-order chi connectivity index (χ0) is 13.2. The van der Waals surface area contributed by atoms with Crippen LogP contribution in [0.2, 0.25) is 0 Å². The van der Waals surface area contributed by atoms with Gasteiger partial charge in [0.05, 0.1) is 31.5 Å². The van der Waals surface area contributed by atoms with E-state index in [2.05, 4.69) is 5.32 Å². The zero-order valence-electron chi connectivity index (χ0n) is 10.7. The van der Waals surface area contributed by atoms with Gasteiger partial charge in [-0.3, -0.25) is 4.79 Å². The van der Waals surface area contributed by atoms with Crippen LogP contribution in [0.5, 0.6) is 5.75 Å². The van der Waals surface area contributed by atoms with E-state index in [9.17, 15) is 4.79 Å². The summed E-state index contributed by atoms with van der Waals surface area (Å²) in [6.45, 7) is 2.83. The molecule has 1 amide bonds. The SMILES string of the molecule is COc1ccc(C)cc1NC(=O)CC1(N)COC1. The van der Waals surface area contributed by atoms with Crippen LogP contribution in [-0.4, -0.2) is 31.8 Å². The standard InChI is InChI=1S/C13H18N2O3/c1-9-3-4-11(17-2)10(5-9)15-12(16)6-13(14)7-18-8-13/h3-5H,6-8,14H2,1-2H3,(H,15,16). The molecule has 18 heavy (non-hydrogen) atoms. The van der Waals surface area contributed by atoms with Crippen molar-refractivity contribution < 1.29 is 14.3 Å². The number of hydrogen-bond donors (Lipinski definition) is 2. The van der Waals surface area contributed by atoms with Gasteiger partial charge in [-0.2, -0.15) is 0 Å². The highest BCUT2D eigenvalue weighted by atomic mass is 16.5. The van der Waals surface area contributed by atoms with E-state index in [-0.39, 0.29) is 12.3 Å². The summed E-state index contributed by atoms with van der Waals surface area (Å²) in [6.07, 6.45) is 0.254. The summed E-state index contributed by atoms with van der Waals surface area (Å²) in [6, 6.07) is 5.63. The van der Waals surface area contributed by atoms with Crippen LogP contribution in [0.25, 0.3) is 0 Å². The van der Waals surface area contributed by atoms with Gasteiger partial charge >= 0.3 is 0 Å². The van der Waals surface area contributed by atoms with Gasteiger partial charge in [0.1, 0.15) is 5.75 Å². The zero-order valence-corrected chi connectivity index (χ0v) is 10.7. The number of rotatable bonds is 4. The number of carbonyl (C=O) groups is 1. The fourth-order valence-corrected chi connectivity index (χ4v) is 1.90. The van der Waals surface area contributed by atoms with Gasteiger partial charge in [0.25, 0.3) is 0 Å². The molecule has 0 aliphatic carbocycles. The van der Waals surface area contributed by atoms with Gasteiger partial charge < -0.3 is 20.5 Å². The van der Waals surface area contributed by atoms with Crippen molar-refractivity contribution in [2.45, 2.75) is 18.9 Å². The summed E-state index contributed by atoms with van der Waals surface area (Å²) in [7, 11) is 1.57. The Bertz CT molecular complexity index is 456. The molecule has 0 atom stereocenters. The van der Waals surface area contributed by atoms with Crippen LogP contribution >= 0.6 is 0 Å². The highest BCUT2D eigenvalue weighted by Crippen LogP contribution is 2.26. The van der Waals surface area contributed by atoms with E-state index in [4.69, 9.17) is 15.2 Å². The molecule has 0 bridgehead atoms. The molecule has 1 aliphatic heterocycles. The summed E-state index contributed by atoms with van der Waals surface area (Å²) in [5.41, 5.74) is 7.16. The van der Waals surface area contributed by atoms with Gasteiger partial charge in [0.2, 0.25) is 5.91 Å². The summed E-state index contributed by atoms with van der Waals surface area (Å²) >= 11 is 0. The summed E-state index contributed by atoms with van der Waals surface area (Å²) in [5, 5.41) is 2.83. The number of methoxy groups -OCH3 is 1. The number of carbonyl (C=O) groups excluding carboxylic acids is 1. The lowest BCUT2D eigenvalue weighted by Crippen LogP contribution is -2.58. The van der Waals surface area contributed by atoms with Gasteiger partial charge in [0, 0.05) is 6.42 Å². The number of nitrogens with two attached hydrogens (primary N) is 1. The van der Waals surface area contributed by atoms with Crippen molar-refractivity contribution in [2.24, 2.45) is 5.73 Å². The fourth-order valence-electron chi connectivity index (χ4n) is 1.90. The molecule has 5 nitrogen and oxygen atoms in total. The van der Waals surface area contributed by atoms with E-state index in [1.807, 2.05) is 25.1 Å². The number of ether oxygens (including phenoxy) is 2. The fraction of sp³-hybridized carbons (Fsp3) is 0.462. The van der Waals surface area contributed by atoms with E-state index >= 15 is 0 Å². The first-order valence-electron chi connectivity index (χ1n) is 5.83. The lowest BCUT2D eigenvalue weighted by Gasteiger charge is -2.37. The van der Waals surface area contributed by atoms with Crippen molar-refractivity contribution in [2.75, 3.05) is 25.6 Å². The monoisotopic (exact) mass is 250 g/mol. The molecule has 3 N–H and O–H groups in total. The molecule has 0 radical (unpaired) electrons. The number of hydrogen-bond acceptors (Lipinski definition) is 4. The second-order valence-corrected chi connectivity index (χ2v) is 4.78. The second-order valence-electron chi connectivity index (χ2n) is 4.78. The molecule has 5 heteroatoms. The first-order chi connectivity index (χ1) is 8.52. The Morgan fingerprint density at radius 1 is 1.56 bits per heavy atom. The normalized spacial score (nSPS) is 16.8. The van der Waals surface area contributed by atoms with E-state index in [0.717, 1.165) is 5.56 Å². The van der Waals surface area contributed by atoms with Crippen molar-refractivity contribution >= 4 is 11.6 Å². The number of nitrogens with one attached hydrogen (secondary N) is 1. The van der Waals surface area contributed by atoms with E-state index in [1.54, 1.807) is 7.11 Å². The maximum absolute atomic E-state index is 11.9. The Hall–Kier alpha value is -1.59.